The van der Waals surface area contributed by atoms with Gasteiger partial charge in [0, 0.05) is 0 Å². The van der Waals surface area contributed by atoms with Crippen molar-refractivity contribution in [2.75, 3.05) is 0 Å². The first-order chi connectivity index (χ1) is 5.22. The van der Waals surface area contributed by atoms with Crippen LogP contribution in [0.4, 0.5) is 0 Å². The van der Waals surface area contributed by atoms with Crippen molar-refractivity contribution >= 4 is 0 Å². The summed E-state index contributed by atoms with van der Waals surface area (Å²) in [5, 5.41) is 9.15. The van der Waals surface area contributed by atoms with E-state index in [4.69, 9.17) is 10.8 Å². The van der Waals surface area contributed by atoms with Gasteiger partial charge in [-0.15, -0.1) is 0 Å². The van der Waals surface area contributed by atoms with Gasteiger partial charge in [0.1, 0.15) is 0 Å². The average Bonchev–Trinajstić information content (AvgIpc) is 2.05. The van der Waals surface area contributed by atoms with Crippen LogP contribution in [-0.2, 0) is 0 Å². The van der Waals surface area contributed by atoms with Gasteiger partial charge >= 0.3 is 0 Å². The lowest BCUT2D eigenvalue weighted by Gasteiger charge is -2.14. The van der Waals surface area contributed by atoms with Crippen molar-refractivity contribution in [3.8, 4) is 0 Å². The molecule has 0 aliphatic carbocycles. The van der Waals surface area contributed by atoms with E-state index in [1.165, 1.54) is 0 Å². The molecular weight excluding hydrogens is 138 g/mol. The van der Waals surface area contributed by atoms with E-state index in [-0.39, 0.29) is 6.04 Å². The molecular formula is C9H13NO. The van der Waals surface area contributed by atoms with Crippen molar-refractivity contribution < 1.29 is 5.11 Å². The predicted molar refractivity (Wildman–Crippen MR) is 45.1 cm³/mol. The van der Waals surface area contributed by atoms with Crippen molar-refractivity contribution in [3.63, 3.8) is 0 Å². The Hall–Kier alpha value is -0.860. The Labute approximate surface area is 66.7 Å². The third-order valence-corrected chi connectivity index (χ3v) is 1.70. The monoisotopic (exact) mass is 151 g/mol. The number of aliphatic hydroxyl groups is 1. The summed E-state index contributed by atoms with van der Waals surface area (Å²) in [6.07, 6.45) is -0.489. The van der Waals surface area contributed by atoms with E-state index in [2.05, 4.69) is 0 Å². The third-order valence-electron chi connectivity index (χ3n) is 1.70. The molecule has 0 aliphatic rings. The lowest BCUT2D eigenvalue weighted by Crippen LogP contribution is -2.22. The lowest BCUT2D eigenvalue weighted by molar-refractivity contribution is 0.164. The normalized spacial score (nSPS) is 15.9. The molecule has 0 bridgehead atoms. The van der Waals surface area contributed by atoms with E-state index in [0.717, 1.165) is 5.56 Å². The second kappa shape index (κ2) is 3.51. The van der Waals surface area contributed by atoms with Crippen LogP contribution in [0.2, 0.25) is 0 Å². The second-order valence-corrected chi connectivity index (χ2v) is 2.68. The molecule has 1 rings (SSSR count). The molecule has 2 atom stereocenters. The second-order valence-electron chi connectivity index (χ2n) is 2.68. The number of nitrogens with two attached hydrogens (primary N) is 1. The number of aliphatic hydroxyl groups excluding tert-OH is 1. The summed E-state index contributed by atoms with van der Waals surface area (Å²) in [6.45, 7) is 1.69. The maximum absolute atomic E-state index is 9.15. The Bertz CT molecular complexity index is 208. The summed E-state index contributed by atoms with van der Waals surface area (Å²) in [5.74, 6) is 0. The van der Waals surface area contributed by atoms with E-state index in [9.17, 15) is 0 Å². The van der Waals surface area contributed by atoms with Gasteiger partial charge in [-0.1, -0.05) is 30.3 Å². The lowest BCUT2D eigenvalue weighted by atomic mass is 10.0. The molecule has 60 valence electrons. The van der Waals surface area contributed by atoms with Crippen molar-refractivity contribution in [2.45, 2.75) is 19.1 Å². The fraction of sp³-hybridized carbons (Fsp3) is 0.333. The van der Waals surface area contributed by atoms with E-state index in [1.54, 1.807) is 6.92 Å². The quantitative estimate of drug-likeness (QED) is 0.664. The summed E-state index contributed by atoms with van der Waals surface area (Å²) < 4.78 is 0. The first-order valence-electron chi connectivity index (χ1n) is 3.70. The zero-order valence-corrected chi connectivity index (χ0v) is 6.57. The average molecular weight is 151 g/mol. The fourth-order valence-electron chi connectivity index (χ4n) is 0.954. The van der Waals surface area contributed by atoms with Gasteiger partial charge in [0.15, 0.2) is 0 Å². The molecule has 0 amide bonds. The van der Waals surface area contributed by atoms with Gasteiger partial charge in [0.05, 0.1) is 12.1 Å². The SMILES string of the molecule is C[C@H](O)[C@H](N)c1ccccc1. The smallest absolute Gasteiger partial charge is 0.0704 e. The Morgan fingerprint density at radius 2 is 1.82 bits per heavy atom. The highest BCUT2D eigenvalue weighted by Crippen LogP contribution is 2.12. The van der Waals surface area contributed by atoms with Gasteiger partial charge < -0.3 is 10.8 Å². The number of hydrogen-bond acceptors (Lipinski definition) is 2. The van der Waals surface area contributed by atoms with Crippen molar-refractivity contribution in [3.05, 3.63) is 35.9 Å². The highest BCUT2D eigenvalue weighted by atomic mass is 16.3. The molecule has 0 unspecified atom stereocenters. The van der Waals surface area contributed by atoms with E-state index in [1.807, 2.05) is 30.3 Å². The van der Waals surface area contributed by atoms with Crippen LogP contribution < -0.4 is 5.73 Å². The first kappa shape index (κ1) is 8.24. The number of hydrogen-bond donors (Lipinski definition) is 2. The highest BCUT2D eigenvalue weighted by Gasteiger charge is 2.09. The van der Waals surface area contributed by atoms with Crippen LogP contribution in [0.1, 0.15) is 18.5 Å². The largest absolute Gasteiger partial charge is 0.391 e. The Kier molecular flexibility index (Phi) is 2.63. The minimum absolute atomic E-state index is 0.267. The van der Waals surface area contributed by atoms with Crippen LogP contribution in [0, 0.1) is 0 Å². The molecule has 0 saturated carbocycles. The van der Waals surface area contributed by atoms with Crippen LogP contribution >= 0.6 is 0 Å². The summed E-state index contributed by atoms with van der Waals surface area (Å²) in [4.78, 5) is 0. The van der Waals surface area contributed by atoms with E-state index in [0.29, 0.717) is 0 Å². The maximum Gasteiger partial charge on any atom is 0.0704 e. The number of benzene rings is 1. The molecule has 1 aromatic carbocycles. The van der Waals surface area contributed by atoms with Crippen LogP contribution in [0.5, 0.6) is 0 Å². The fourth-order valence-corrected chi connectivity index (χ4v) is 0.954. The van der Waals surface area contributed by atoms with Gasteiger partial charge in [-0.25, -0.2) is 0 Å². The maximum atomic E-state index is 9.15. The molecule has 2 nitrogen and oxygen atoms in total. The van der Waals surface area contributed by atoms with Gasteiger partial charge in [-0.3, -0.25) is 0 Å². The Morgan fingerprint density at radius 1 is 1.27 bits per heavy atom. The van der Waals surface area contributed by atoms with E-state index < -0.39 is 6.10 Å². The molecule has 2 heteroatoms. The summed E-state index contributed by atoms with van der Waals surface area (Å²) in [5.41, 5.74) is 6.66. The zero-order valence-electron chi connectivity index (χ0n) is 6.57. The van der Waals surface area contributed by atoms with Crippen molar-refractivity contribution in [2.24, 2.45) is 5.73 Å². The van der Waals surface area contributed by atoms with Crippen LogP contribution in [0.3, 0.4) is 0 Å². The van der Waals surface area contributed by atoms with Crippen LogP contribution in [0.25, 0.3) is 0 Å². The standard InChI is InChI=1S/C9H13NO/c1-7(11)9(10)8-5-3-2-4-6-8/h2-7,9,11H,10H2,1H3/t7-,9-/m0/s1. The molecule has 0 aliphatic heterocycles. The van der Waals surface area contributed by atoms with Crippen LogP contribution in [0.15, 0.2) is 30.3 Å². The van der Waals surface area contributed by atoms with E-state index >= 15 is 0 Å². The summed E-state index contributed by atoms with van der Waals surface area (Å²) >= 11 is 0. The van der Waals surface area contributed by atoms with Gasteiger partial charge in [-0.2, -0.15) is 0 Å². The predicted octanol–water partition coefficient (Wildman–Crippen LogP) is 1.07. The topological polar surface area (TPSA) is 46.2 Å². The van der Waals surface area contributed by atoms with Crippen molar-refractivity contribution in [1.82, 2.24) is 0 Å². The molecule has 0 heterocycles. The van der Waals surface area contributed by atoms with Gasteiger partial charge in [0.25, 0.3) is 0 Å². The molecule has 3 N–H and O–H groups in total. The minimum atomic E-state index is -0.489. The minimum Gasteiger partial charge on any atom is -0.391 e. The molecule has 0 fully saturated rings. The van der Waals surface area contributed by atoms with Gasteiger partial charge in [0.2, 0.25) is 0 Å². The molecule has 0 radical (unpaired) electrons. The highest BCUT2D eigenvalue weighted by molar-refractivity contribution is 5.19. The zero-order chi connectivity index (χ0) is 8.27. The van der Waals surface area contributed by atoms with Gasteiger partial charge in [-0.05, 0) is 12.5 Å². The number of rotatable bonds is 2. The molecule has 11 heavy (non-hydrogen) atoms. The first-order valence-corrected chi connectivity index (χ1v) is 3.70. The third kappa shape index (κ3) is 2.03. The van der Waals surface area contributed by atoms with Crippen molar-refractivity contribution in [1.29, 1.82) is 0 Å². The summed E-state index contributed by atoms with van der Waals surface area (Å²) in [7, 11) is 0. The summed E-state index contributed by atoms with van der Waals surface area (Å²) in [6, 6.07) is 9.32. The Balaban J connectivity index is 2.77. The Morgan fingerprint density at radius 3 is 2.27 bits per heavy atom. The molecule has 0 spiro atoms. The molecule has 0 saturated heterocycles. The van der Waals surface area contributed by atoms with Crippen LogP contribution in [-0.4, -0.2) is 11.2 Å². The molecule has 1 aromatic rings. The molecule has 0 aromatic heterocycles.